The molecule has 0 spiro atoms. The third kappa shape index (κ3) is 12.8. The molecule has 1 saturated heterocycles. The Labute approximate surface area is 273 Å². The number of thiazole rings is 1. The van der Waals surface area contributed by atoms with Gasteiger partial charge in [0.25, 0.3) is 0 Å². The fourth-order valence-corrected chi connectivity index (χ4v) is 5.67. The summed E-state index contributed by atoms with van der Waals surface area (Å²) in [5.74, 6) is -0.679. The predicted molar refractivity (Wildman–Crippen MR) is 179 cm³/mol. The molecule has 0 bridgehead atoms. The normalized spacial score (nSPS) is 15.3. The lowest BCUT2D eigenvalue weighted by molar-refractivity contribution is -0.144. The third-order valence-corrected chi connectivity index (χ3v) is 8.23. The Morgan fingerprint density at radius 3 is 2.20 bits per heavy atom. The second-order valence-corrected chi connectivity index (χ2v) is 12.7. The summed E-state index contributed by atoms with van der Waals surface area (Å²) in [6, 6.07) is 6.74. The minimum atomic E-state index is -0.761. The Bertz CT molecular complexity index is 1160. The first-order valence-electron chi connectivity index (χ1n) is 16.2. The second kappa shape index (κ2) is 20.3. The highest BCUT2D eigenvalue weighted by atomic mass is 32.1. The van der Waals surface area contributed by atoms with Crippen LogP contribution in [0.2, 0.25) is 0 Å². The van der Waals surface area contributed by atoms with E-state index in [1.165, 1.54) is 0 Å². The van der Waals surface area contributed by atoms with Crippen LogP contribution in [0.4, 0.5) is 0 Å². The van der Waals surface area contributed by atoms with Crippen molar-refractivity contribution in [2.45, 2.75) is 92.8 Å². The molecule has 0 aliphatic carbocycles. The zero-order valence-electron chi connectivity index (χ0n) is 28.3. The van der Waals surface area contributed by atoms with Gasteiger partial charge in [0.05, 0.1) is 49.1 Å². The molecule has 1 aliphatic heterocycles. The highest BCUT2D eigenvalue weighted by Gasteiger charge is 2.41. The first kappa shape index (κ1) is 38.3. The summed E-state index contributed by atoms with van der Waals surface area (Å²) in [4.78, 5) is 46.7. The summed E-state index contributed by atoms with van der Waals surface area (Å²) in [5.41, 5.74) is 4.37. The van der Waals surface area contributed by atoms with Gasteiger partial charge >= 0.3 is 0 Å². The van der Waals surface area contributed by atoms with Crippen LogP contribution < -0.4 is 10.6 Å². The van der Waals surface area contributed by atoms with Crippen molar-refractivity contribution in [1.82, 2.24) is 20.5 Å². The Morgan fingerprint density at radius 1 is 1.00 bits per heavy atom. The molecule has 2 unspecified atom stereocenters. The molecule has 45 heavy (non-hydrogen) atoms. The number of aromatic nitrogens is 1. The van der Waals surface area contributed by atoms with Crippen LogP contribution in [0.1, 0.15) is 78.5 Å². The minimum Gasteiger partial charge on any atom is -0.379 e. The van der Waals surface area contributed by atoms with Crippen molar-refractivity contribution in [3.05, 3.63) is 41.0 Å². The molecule has 1 aliphatic rings. The fourth-order valence-electron chi connectivity index (χ4n) is 4.86. The van der Waals surface area contributed by atoms with E-state index in [2.05, 4.69) is 22.5 Å². The Morgan fingerprint density at radius 2 is 1.62 bits per heavy atom. The van der Waals surface area contributed by atoms with Gasteiger partial charge in [-0.2, -0.15) is 0 Å². The van der Waals surface area contributed by atoms with Crippen LogP contribution in [0.3, 0.4) is 0 Å². The molecule has 0 radical (unpaired) electrons. The number of hydrogen-bond acceptors (Lipinski definition) is 8. The molecule has 10 nitrogen and oxygen atoms in total. The van der Waals surface area contributed by atoms with E-state index < -0.39 is 17.5 Å². The lowest BCUT2D eigenvalue weighted by atomic mass is 9.85. The molecule has 0 saturated carbocycles. The van der Waals surface area contributed by atoms with Gasteiger partial charge in [0.2, 0.25) is 17.7 Å². The highest BCUT2D eigenvalue weighted by molar-refractivity contribution is 7.13. The van der Waals surface area contributed by atoms with Gasteiger partial charge in [0, 0.05) is 26.1 Å². The number of hydrogen-bond donors (Lipinski definition) is 2. The summed E-state index contributed by atoms with van der Waals surface area (Å²) in [7, 11) is 0. The Balaban J connectivity index is 0.00000345. The first-order valence-corrected chi connectivity index (χ1v) is 17.1. The number of amides is 3. The van der Waals surface area contributed by atoms with Gasteiger partial charge < -0.3 is 29.7 Å². The van der Waals surface area contributed by atoms with E-state index in [1.807, 2.05) is 71.3 Å². The molecule has 1 aromatic carbocycles. The molecule has 2 aromatic rings. The lowest BCUT2D eigenvalue weighted by Gasteiger charge is -2.35. The van der Waals surface area contributed by atoms with E-state index in [4.69, 9.17) is 14.2 Å². The maximum Gasteiger partial charge on any atom is 0.246 e. The summed E-state index contributed by atoms with van der Waals surface area (Å²) in [6.45, 7) is 17.5. The van der Waals surface area contributed by atoms with E-state index in [-0.39, 0.29) is 30.7 Å². The first-order chi connectivity index (χ1) is 21.6. The van der Waals surface area contributed by atoms with Gasteiger partial charge in [-0.05, 0) is 42.7 Å². The summed E-state index contributed by atoms with van der Waals surface area (Å²) in [5, 5.41) is 5.92. The average Bonchev–Trinajstić information content (AvgIpc) is 3.69. The third-order valence-electron chi connectivity index (χ3n) is 7.25. The monoisotopic (exact) mass is 646 g/mol. The van der Waals surface area contributed by atoms with E-state index in [1.54, 1.807) is 16.2 Å². The van der Waals surface area contributed by atoms with Crippen LogP contribution in [0, 0.1) is 12.3 Å². The number of nitrogens with zero attached hydrogens (tertiary/aromatic N) is 2. The van der Waals surface area contributed by atoms with Gasteiger partial charge in [0.1, 0.15) is 12.1 Å². The quantitative estimate of drug-likeness (QED) is 0.229. The molecule has 3 amide bonds. The molecule has 2 atom stereocenters. The Hall–Kier alpha value is -2.86. The lowest BCUT2D eigenvalue weighted by Crippen LogP contribution is -2.57. The second-order valence-electron chi connectivity index (χ2n) is 11.8. The topological polar surface area (TPSA) is 119 Å². The largest absolute Gasteiger partial charge is 0.379 e. The number of aryl methyl sites for hydroxylation is 1. The number of ether oxygens (including phenoxy) is 3. The molecule has 1 fully saturated rings. The molecule has 3 rings (SSSR count). The van der Waals surface area contributed by atoms with Crippen LogP contribution in [0.25, 0.3) is 10.4 Å². The summed E-state index contributed by atoms with van der Waals surface area (Å²) < 4.78 is 16.3. The van der Waals surface area contributed by atoms with Crippen molar-refractivity contribution in [1.29, 1.82) is 0 Å². The number of rotatable bonds is 17. The number of carbonyl (C=O) groups excluding carboxylic acids is 3. The molecule has 1 aromatic heterocycles. The molecular weight excluding hydrogens is 592 g/mol. The molecule has 11 heteroatoms. The molecule has 2 N–H and O–H groups in total. The van der Waals surface area contributed by atoms with Crippen molar-refractivity contribution < 1.29 is 28.6 Å². The number of likely N-dealkylation sites (tertiary alicyclic amines) is 1. The van der Waals surface area contributed by atoms with Crippen LogP contribution in [-0.2, 0) is 35.1 Å². The van der Waals surface area contributed by atoms with Gasteiger partial charge in [-0.15, -0.1) is 11.3 Å². The van der Waals surface area contributed by atoms with Crippen LogP contribution in [-0.4, -0.2) is 85.9 Å². The van der Waals surface area contributed by atoms with Gasteiger partial charge in [-0.1, -0.05) is 65.8 Å². The maximum absolute atomic E-state index is 13.7. The number of carbonyl (C=O) groups is 3. The molecule has 2 heterocycles. The van der Waals surface area contributed by atoms with Crippen molar-refractivity contribution in [3.8, 4) is 10.4 Å². The van der Waals surface area contributed by atoms with Gasteiger partial charge in [-0.25, -0.2) is 4.98 Å². The fraction of sp³-hybridized carbons (Fsp3) is 0.647. The SMILES string of the molecule is CC.CCCOCCOCCOCCC(=O)NC(C(=O)N1CCCC1C(=O)NCc1ccc(-c2scnc2C)cc1)C(C)(C)C. The number of benzene rings is 1. The number of nitrogens with one attached hydrogen (secondary N) is 2. The zero-order chi connectivity index (χ0) is 33.2. The predicted octanol–water partition coefficient (Wildman–Crippen LogP) is 5.13. The van der Waals surface area contributed by atoms with Crippen LogP contribution >= 0.6 is 11.3 Å². The van der Waals surface area contributed by atoms with E-state index in [0.29, 0.717) is 45.9 Å². The maximum atomic E-state index is 13.7. The Kier molecular flexibility index (Phi) is 17.3. The van der Waals surface area contributed by atoms with E-state index in [0.717, 1.165) is 41.1 Å². The zero-order valence-corrected chi connectivity index (χ0v) is 29.1. The van der Waals surface area contributed by atoms with Crippen molar-refractivity contribution >= 4 is 29.1 Å². The molecule has 252 valence electrons. The summed E-state index contributed by atoms with van der Waals surface area (Å²) in [6.07, 6.45) is 2.43. The minimum absolute atomic E-state index is 0.130. The standard InChI is InChI=1S/C32H48N4O6S.C2H6/c1-6-15-40-17-19-42-20-18-41-16-13-27(37)35-29(32(3,4)5)31(39)36-14-7-8-26(36)30(38)33-21-24-9-11-25(12-10-24)28-23(2)34-22-43-28;1-2/h9-12,22,26,29H,6-8,13-21H2,1-5H3,(H,33,38)(H,35,37);1-2H3. The van der Waals surface area contributed by atoms with E-state index in [9.17, 15) is 14.4 Å². The van der Waals surface area contributed by atoms with Crippen molar-refractivity contribution in [2.24, 2.45) is 5.41 Å². The van der Waals surface area contributed by atoms with Crippen molar-refractivity contribution in [2.75, 3.05) is 46.2 Å². The van der Waals surface area contributed by atoms with Crippen LogP contribution in [0.5, 0.6) is 0 Å². The van der Waals surface area contributed by atoms with Gasteiger partial charge in [-0.3, -0.25) is 14.4 Å². The molecular formula is C34H54N4O6S. The average molecular weight is 647 g/mol. The van der Waals surface area contributed by atoms with E-state index >= 15 is 0 Å². The smallest absolute Gasteiger partial charge is 0.246 e. The van der Waals surface area contributed by atoms with Crippen LogP contribution in [0.15, 0.2) is 29.8 Å². The highest BCUT2D eigenvalue weighted by Crippen LogP contribution is 2.28. The summed E-state index contributed by atoms with van der Waals surface area (Å²) >= 11 is 1.60. The van der Waals surface area contributed by atoms with Gasteiger partial charge in [0.15, 0.2) is 0 Å². The van der Waals surface area contributed by atoms with Crippen molar-refractivity contribution in [3.63, 3.8) is 0 Å².